The quantitative estimate of drug-likeness (QED) is 0.856. The molecule has 1 aliphatic heterocycles. The molecule has 0 saturated carbocycles. The van der Waals surface area contributed by atoms with Crippen molar-refractivity contribution in [2.45, 2.75) is 13.0 Å². The van der Waals surface area contributed by atoms with E-state index in [1.807, 2.05) is 29.1 Å². The maximum absolute atomic E-state index is 12.8. The topological polar surface area (TPSA) is 72.2 Å². The van der Waals surface area contributed by atoms with Crippen molar-refractivity contribution in [2.24, 2.45) is 7.05 Å². The van der Waals surface area contributed by atoms with Crippen LogP contribution < -0.4 is 5.32 Å². The summed E-state index contributed by atoms with van der Waals surface area (Å²) in [5, 5.41) is 6.94. The number of rotatable bonds is 2. The maximum atomic E-state index is 12.8. The Balaban J connectivity index is 1.98. The lowest BCUT2D eigenvalue weighted by Gasteiger charge is -2.32. The van der Waals surface area contributed by atoms with Gasteiger partial charge in [0.25, 0.3) is 5.91 Å². The van der Waals surface area contributed by atoms with Crippen LogP contribution in [0.3, 0.4) is 0 Å². The van der Waals surface area contributed by atoms with Crippen molar-refractivity contribution in [3.63, 3.8) is 0 Å². The Morgan fingerprint density at radius 1 is 1.38 bits per heavy atom. The van der Waals surface area contributed by atoms with Gasteiger partial charge in [-0.15, -0.1) is 0 Å². The standard InChI is InChI=1S/C14H17N5O2/c1-10-12(20)15-5-8-19(10)14(21)11-9-16-17(2)13(11)18-6-3-4-7-18/h3-4,6-7,9-10H,5,8H2,1-2H3,(H,15,20). The molecule has 0 spiro atoms. The van der Waals surface area contributed by atoms with Crippen LogP contribution in [-0.2, 0) is 11.8 Å². The molecular weight excluding hydrogens is 270 g/mol. The molecule has 0 aromatic carbocycles. The molecule has 0 aliphatic carbocycles. The zero-order valence-corrected chi connectivity index (χ0v) is 12.0. The zero-order valence-electron chi connectivity index (χ0n) is 12.0. The summed E-state index contributed by atoms with van der Waals surface area (Å²) in [6.45, 7) is 2.72. The van der Waals surface area contributed by atoms with Gasteiger partial charge in [0, 0.05) is 32.5 Å². The van der Waals surface area contributed by atoms with Crippen LogP contribution in [0.4, 0.5) is 0 Å². The fraction of sp³-hybridized carbons (Fsp3) is 0.357. The van der Waals surface area contributed by atoms with E-state index in [0.29, 0.717) is 24.5 Å². The van der Waals surface area contributed by atoms with Crippen molar-refractivity contribution >= 4 is 11.8 Å². The van der Waals surface area contributed by atoms with Gasteiger partial charge in [0.2, 0.25) is 5.91 Å². The number of aryl methyl sites for hydroxylation is 1. The fourth-order valence-electron chi connectivity index (χ4n) is 2.58. The number of hydrogen-bond acceptors (Lipinski definition) is 3. The molecule has 7 nitrogen and oxygen atoms in total. The van der Waals surface area contributed by atoms with E-state index in [4.69, 9.17) is 0 Å². The molecule has 2 aromatic heterocycles. The smallest absolute Gasteiger partial charge is 0.260 e. The molecule has 21 heavy (non-hydrogen) atoms. The molecule has 1 atom stereocenters. The van der Waals surface area contributed by atoms with Gasteiger partial charge in [0.05, 0.1) is 6.20 Å². The van der Waals surface area contributed by atoms with Crippen LogP contribution in [0.5, 0.6) is 0 Å². The highest BCUT2D eigenvalue weighted by Gasteiger charge is 2.32. The number of aromatic nitrogens is 3. The Kier molecular flexibility index (Phi) is 3.25. The molecule has 110 valence electrons. The molecule has 3 heterocycles. The average molecular weight is 287 g/mol. The number of carbonyl (C=O) groups excluding carboxylic acids is 2. The third-order valence-corrected chi connectivity index (χ3v) is 3.75. The van der Waals surface area contributed by atoms with E-state index < -0.39 is 6.04 Å². The molecule has 2 amide bonds. The largest absolute Gasteiger partial charge is 0.353 e. The number of amides is 2. The molecular formula is C14H17N5O2. The Hall–Kier alpha value is -2.57. The van der Waals surface area contributed by atoms with E-state index in [1.165, 1.54) is 0 Å². The minimum absolute atomic E-state index is 0.124. The number of nitrogens with zero attached hydrogens (tertiary/aromatic N) is 4. The van der Waals surface area contributed by atoms with Gasteiger partial charge in [-0.3, -0.25) is 14.3 Å². The second kappa shape index (κ2) is 5.08. The third kappa shape index (κ3) is 2.20. The number of hydrogen-bond donors (Lipinski definition) is 1. The van der Waals surface area contributed by atoms with Crippen LogP contribution in [0.2, 0.25) is 0 Å². The fourth-order valence-corrected chi connectivity index (χ4v) is 2.58. The molecule has 1 unspecified atom stereocenters. The van der Waals surface area contributed by atoms with E-state index >= 15 is 0 Å². The minimum atomic E-state index is -0.469. The molecule has 1 saturated heterocycles. The van der Waals surface area contributed by atoms with Gasteiger partial charge in [0.1, 0.15) is 17.4 Å². The van der Waals surface area contributed by atoms with Crippen LogP contribution in [0.15, 0.2) is 30.7 Å². The van der Waals surface area contributed by atoms with Gasteiger partial charge >= 0.3 is 0 Å². The summed E-state index contributed by atoms with van der Waals surface area (Å²) < 4.78 is 3.50. The van der Waals surface area contributed by atoms with E-state index in [9.17, 15) is 9.59 Å². The summed E-state index contributed by atoms with van der Waals surface area (Å²) in [7, 11) is 1.79. The van der Waals surface area contributed by atoms with Gasteiger partial charge in [-0.05, 0) is 19.1 Å². The van der Waals surface area contributed by atoms with Crippen molar-refractivity contribution in [3.05, 3.63) is 36.3 Å². The summed E-state index contributed by atoms with van der Waals surface area (Å²) >= 11 is 0. The van der Waals surface area contributed by atoms with E-state index in [2.05, 4.69) is 10.4 Å². The summed E-state index contributed by atoms with van der Waals surface area (Å²) in [5.41, 5.74) is 0.496. The number of carbonyl (C=O) groups is 2. The molecule has 3 rings (SSSR count). The Bertz CT molecular complexity index is 674. The molecule has 1 aliphatic rings. The van der Waals surface area contributed by atoms with Crippen LogP contribution in [0.25, 0.3) is 5.82 Å². The first-order chi connectivity index (χ1) is 10.1. The zero-order chi connectivity index (χ0) is 15.0. The van der Waals surface area contributed by atoms with Crippen molar-refractivity contribution in [3.8, 4) is 5.82 Å². The molecule has 1 N–H and O–H groups in total. The van der Waals surface area contributed by atoms with Gasteiger partial charge in [-0.1, -0.05) is 0 Å². The number of piperazine rings is 1. The van der Waals surface area contributed by atoms with Gasteiger partial charge in [-0.2, -0.15) is 5.10 Å². The minimum Gasteiger partial charge on any atom is -0.353 e. The first kappa shape index (κ1) is 13.4. The summed E-state index contributed by atoms with van der Waals surface area (Å²) in [4.78, 5) is 26.1. The number of nitrogens with one attached hydrogen (secondary N) is 1. The lowest BCUT2D eigenvalue weighted by molar-refractivity contribution is -0.127. The van der Waals surface area contributed by atoms with E-state index in [-0.39, 0.29) is 11.8 Å². The first-order valence-corrected chi connectivity index (χ1v) is 6.83. The van der Waals surface area contributed by atoms with Crippen molar-refractivity contribution in [2.75, 3.05) is 13.1 Å². The van der Waals surface area contributed by atoms with E-state index in [0.717, 1.165) is 0 Å². The van der Waals surface area contributed by atoms with E-state index in [1.54, 1.807) is 29.7 Å². The Morgan fingerprint density at radius 3 is 2.81 bits per heavy atom. The molecule has 7 heteroatoms. The summed E-state index contributed by atoms with van der Waals surface area (Å²) in [6.07, 6.45) is 5.27. The van der Waals surface area contributed by atoms with Gasteiger partial charge in [0.15, 0.2) is 0 Å². The highest BCUT2D eigenvalue weighted by atomic mass is 16.2. The summed E-state index contributed by atoms with van der Waals surface area (Å²) in [5.74, 6) is 0.401. The predicted molar refractivity (Wildman–Crippen MR) is 76.0 cm³/mol. The second-order valence-corrected chi connectivity index (χ2v) is 5.06. The summed E-state index contributed by atoms with van der Waals surface area (Å²) in [6, 6.07) is 3.31. The molecule has 2 aromatic rings. The van der Waals surface area contributed by atoms with Crippen LogP contribution in [0.1, 0.15) is 17.3 Å². The monoisotopic (exact) mass is 287 g/mol. The van der Waals surface area contributed by atoms with Gasteiger partial charge < -0.3 is 14.8 Å². The highest BCUT2D eigenvalue weighted by molar-refractivity contribution is 6.00. The Labute approximate surface area is 122 Å². The average Bonchev–Trinajstić information content (AvgIpc) is 3.10. The lowest BCUT2D eigenvalue weighted by atomic mass is 10.1. The molecule has 1 fully saturated rings. The second-order valence-electron chi connectivity index (χ2n) is 5.06. The molecule has 0 radical (unpaired) electrons. The van der Waals surface area contributed by atoms with Crippen molar-refractivity contribution in [1.29, 1.82) is 0 Å². The van der Waals surface area contributed by atoms with Crippen LogP contribution in [0, 0.1) is 0 Å². The highest BCUT2D eigenvalue weighted by Crippen LogP contribution is 2.18. The van der Waals surface area contributed by atoms with Crippen LogP contribution in [-0.4, -0.2) is 50.2 Å². The predicted octanol–water partition coefficient (Wildman–Crippen LogP) is 0.171. The van der Waals surface area contributed by atoms with Crippen molar-refractivity contribution in [1.82, 2.24) is 24.6 Å². The SMILES string of the molecule is CC1C(=O)NCCN1C(=O)c1cnn(C)c1-n1cccc1. The van der Waals surface area contributed by atoms with Gasteiger partial charge in [-0.25, -0.2) is 0 Å². The lowest BCUT2D eigenvalue weighted by Crippen LogP contribution is -2.55. The van der Waals surface area contributed by atoms with Crippen LogP contribution >= 0.6 is 0 Å². The first-order valence-electron chi connectivity index (χ1n) is 6.83. The normalized spacial score (nSPS) is 18.7. The third-order valence-electron chi connectivity index (χ3n) is 3.75. The van der Waals surface area contributed by atoms with Crippen molar-refractivity contribution < 1.29 is 9.59 Å². The maximum Gasteiger partial charge on any atom is 0.260 e. The molecule has 0 bridgehead atoms. The Morgan fingerprint density at radius 2 is 2.10 bits per heavy atom.